The van der Waals surface area contributed by atoms with E-state index in [9.17, 15) is 22.7 Å². The number of hydrogen-bond acceptors (Lipinski definition) is 7. The minimum atomic E-state index is -4.48. The number of halogens is 4. The van der Waals surface area contributed by atoms with Crippen molar-refractivity contribution in [2.45, 2.75) is 48.5 Å². The van der Waals surface area contributed by atoms with Crippen LogP contribution in [0, 0.1) is 0 Å². The van der Waals surface area contributed by atoms with Crippen LogP contribution in [0.3, 0.4) is 0 Å². The summed E-state index contributed by atoms with van der Waals surface area (Å²) in [7, 11) is 1.86. The third kappa shape index (κ3) is 6.71. The van der Waals surface area contributed by atoms with Gasteiger partial charge in [-0.25, -0.2) is 4.39 Å². The molecule has 1 aliphatic heterocycles. The third-order valence-corrected chi connectivity index (χ3v) is 6.84. The number of likely N-dealkylation sites (tertiary alicyclic amines) is 1. The van der Waals surface area contributed by atoms with Crippen LogP contribution >= 0.6 is 23.1 Å². The second-order valence-corrected chi connectivity index (χ2v) is 10.3. The van der Waals surface area contributed by atoms with E-state index in [1.807, 2.05) is 11.9 Å². The van der Waals surface area contributed by atoms with Gasteiger partial charge in [-0.3, -0.25) is 0 Å². The highest BCUT2D eigenvalue weighted by atomic mass is 32.2. The summed E-state index contributed by atoms with van der Waals surface area (Å²) in [6, 6.07) is 4.61. The molecule has 1 aromatic heterocycles. The highest BCUT2D eigenvalue weighted by molar-refractivity contribution is 8.00. The monoisotopic (exact) mass is 479 g/mol. The van der Waals surface area contributed by atoms with Crippen LogP contribution < -0.4 is 5.32 Å². The van der Waals surface area contributed by atoms with Crippen molar-refractivity contribution < 1.29 is 27.5 Å². The zero-order valence-corrected chi connectivity index (χ0v) is 19.0. The van der Waals surface area contributed by atoms with E-state index in [0.717, 1.165) is 17.9 Å². The number of fused-ring (bicyclic) bond motifs is 1. The topological polar surface area (TPSA) is 57.1 Å². The van der Waals surface area contributed by atoms with Crippen molar-refractivity contribution in [2.75, 3.05) is 32.1 Å². The number of thioether (sulfide) groups is 1. The molecule has 2 atom stereocenters. The Morgan fingerprint density at radius 1 is 1.39 bits per heavy atom. The molecule has 5 nitrogen and oxygen atoms in total. The van der Waals surface area contributed by atoms with E-state index < -0.39 is 23.3 Å². The minimum absolute atomic E-state index is 0.0203. The van der Waals surface area contributed by atoms with Crippen molar-refractivity contribution in [2.24, 2.45) is 5.16 Å². The number of piperidine rings is 1. The zero-order valence-electron chi connectivity index (χ0n) is 17.4. The highest BCUT2D eigenvalue weighted by Gasteiger charge is 2.33. The fourth-order valence-corrected chi connectivity index (χ4v) is 5.25. The molecule has 0 amide bonds. The van der Waals surface area contributed by atoms with E-state index in [0.29, 0.717) is 28.7 Å². The average Bonchev–Trinajstić information content (AvgIpc) is 2.97. The molecular formula is C20H25F4N3O2S2. The summed E-state index contributed by atoms with van der Waals surface area (Å²) in [4.78, 5) is 7.24. The Morgan fingerprint density at radius 3 is 2.77 bits per heavy atom. The molecule has 1 fully saturated rings. The van der Waals surface area contributed by atoms with Crippen LogP contribution in [-0.2, 0) is 4.84 Å². The molecule has 11 heteroatoms. The van der Waals surface area contributed by atoms with E-state index >= 15 is 0 Å². The molecule has 1 aromatic carbocycles. The third-order valence-electron chi connectivity index (χ3n) is 4.66. The summed E-state index contributed by atoms with van der Waals surface area (Å²) in [5.41, 5.74) is -5.00. The van der Waals surface area contributed by atoms with Crippen LogP contribution in [0.1, 0.15) is 25.1 Å². The molecule has 0 radical (unpaired) electrons. The summed E-state index contributed by atoms with van der Waals surface area (Å²) in [5, 5.41) is 17.0. The number of anilines is 1. The first-order valence-corrected chi connectivity index (χ1v) is 11.3. The number of oxime groups is 1. The van der Waals surface area contributed by atoms with Gasteiger partial charge in [-0.05, 0) is 45.1 Å². The van der Waals surface area contributed by atoms with Crippen molar-refractivity contribution >= 4 is 45.1 Å². The lowest BCUT2D eigenvalue weighted by molar-refractivity contribution is -0.0327. The second-order valence-electron chi connectivity index (χ2n) is 8.16. The SMILES string of the molecule is CN1CC[C@@H](Nc2cccc3c(SC(F)(F)F)c(/C=N/OCC(C)(C)O)sc23)[C@@H](F)C1. The molecule has 0 spiro atoms. The molecule has 0 aliphatic carbocycles. The predicted molar refractivity (Wildman–Crippen MR) is 118 cm³/mol. The first-order chi connectivity index (χ1) is 14.4. The number of hydrogen-bond donors (Lipinski definition) is 2. The van der Waals surface area contributed by atoms with E-state index in [1.54, 1.807) is 18.2 Å². The second kappa shape index (κ2) is 9.51. The quantitative estimate of drug-likeness (QED) is 0.251. The summed E-state index contributed by atoms with van der Waals surface area (Å²) in [6.45, 7) is 4.02. The molecule has 0 saturated carbocycles. The van der Waals surface area contributed by atoms with Crippen LogP contribution in [0.4, 0.5) is 23.2 Å². The Morgan fingerprint density at radius 2 is 2.13 bits per heavy atom. The number of alkyl halides is 4. The first kappa shape index (κ1) is 24.1. The van der Waals surface area contributed by atoms with Crippen molar-refractivity contribution in [1.29, 1.82) is 0 Å². The number of aliphatic hydroxyl groups is 1. The molecule has 3 rings (SSSR count). The fraction of sp³-hybridized carbons (Fsp3) is 0.550. The summed E-state index contributed by atoms with van der Waals surface area (Å²) in [5.74, 6) is 0. The van der Waals surface area contributed by atoms with Gasteiger partial charge in [-0.1, -0.05) is 17.3 Å². The lowest BCUT2D eigenvalue weighted by Gasteiger charge is -2.33. The van der Waals surface area contributed by atoms with Gasteiger partial charge < -0.3 is 20.2 Å². The van der Waals surface area contributed by atoms with Crippen LogP contribution in [-0.4, -0.2) is 66.3 Å². The number of rotatable bonds is 7. The molecule has 2 aromatic rings. The van der Waals surface area contributed by atoms with Gasteiger partial charge >= 0.3 is 5.51 Å². The van der Waals surface area contributed by atoms with Gasteiger partial charge in [-0.2, -0.15) is 13.2 Å². The van der Waals surface area contributed by atoms with Crippen molar-refractivity contribution in [1.82, 2.24) is 4.90 Å². The van der Waals surface area contributed by atoms with Crippen LogP contribution in [0.2, 0.25) is 0 Å². The van der Waals surface area contributed by atoms with Gasteiger partial charge in [0.25, 0.3) is 0 Å². The van der Waals surface area contributed by atoms with Crippen LogP contribution in [0.15, 0.2) is 28.3 Å². The Balaban J connectivity index is 1.92. The molecule has 2 N–H and O–H groups in total. The predicted octanol–water partition coefficient (Wildman–Crippen LogP) is 5.09. The van der Waals surface area contributed by atoms with Gasteiger partial charge in [0.1, 0.15) is 12.8 Å². The lowest BCUT2D eigenvalue weighted by Crippen LogP contribution is -2.46. The van der Waals surface area contributed by atoms with Crippen molar-refractivity contribution in [3.8, 4) is 0 Å². The van der Waals surface area contributed by atoms with Crippen molar-refractivity contribution in [3.05, 3.63) is 23.1 Å². The number of nitrogens with zero attached hydrogens (tertiary/aromatic N) is 2. The molecule has 0 unspecified atom stereocenters. The van der Waals surface area contributed by atoms with Crippen LogP contribution in [0.5, 0.6) is 0 Å². The summed E-state index contributed by atoms with van der Waals surface area (Å²) < 4.78 is 54.7. The molecule has 1 saturated heterocycles. The van der Waals surface area contributed by atoms with Gasteiger partial charge in [0.15, 0.2) is 0 Å². The molecule has 2 heterocycles. The number of nitrogens with one attached hydrogen (secondary N) is 1. The first-order valence-electron chi connectivity index (χ1n) is 9.71. The van der Waals surface area contributed by atoms with Crippen molar-refractivity contribution in [3.63, 3.8) is 0 Å². The highest BCUT2D eigenvalue weighted by Crippen LogP contribution is 2.47. The van der Waals surface area contributed by atoms with E-state index in [2.05, 4.69) is 10.5 Å². The number of benzene rings is 1. The Bertz CT molecular complexity index is 928. The van der Waals surface area contributed by atoms with E-state index in [1.165, 1.54) is 20.1 Å². The summed E-state index contributed by atoms with van der Waals surface area (Å²) in [6.07, 6.45) is 0.749. The lowest BCUT2D eigenvalue weighted by atomic mass is 10.0. The maximum Gasteiger partial charge on any atom is 0.446 e. The number of thiophene rings is 1. The molecule has 172 valence electrons. The fourth-order valence-electron chi connectivity index (χ4n) is 3.23. The largest absolute Gasteiger partial charge is 0.446 e. The Kier molecular flexibility index (Phi) is 7.39. The average molecular weight is 480 g/mol. The molecular weight excluding hydrogens is 454 g/mol. The zero-order chi connectivity index (χ0) is 22.8. The van der Waals surface area contributed by atoms with Crippen LogP contribution in [0.25, 0.3) is 10.1 Å². The smallest absolute Gasteiger partial charge is 0.393 e. The Labute approximate surface area is 186 Å². The standard InChI is InChI=1S/C20H25F4N3O2S2/c1-19(2,28)11-29-25-9-16-18(31-20(22,23)24)12-5-4-6-15(17(12)30-16)26-14-7-8-27(3)10-13(14)21/h4-6,9,13-14,26,28H,7-8,10-11H2,1-3H3/b25-9+/t13-,14+/m0/s1. The Hall–Kier alpha value is -1.56. The summed E-state index contributed by atoms with van der Waals surface area (Å²) >= 11 is 0.920. The van der Waals surface area contributed by atoms with E-state index in [4.69, 9.17) is 4.84 Å². The van der Waals surface area contributed by atoms with Gasteiger partial charge in [0.2, 0.25) is 0 Å². The van der Waals surface area contributed by atoms with E-state index in [-0.39, 0.29) is 28.1 Å². The maximum absolute atomic E-state index is 14.5. The van der Waals surface area contributed by atoms with Gasteiger partial charge in [0.05, 0.1) is 33.1 Å². The molecule has 1 aliphatic rings. The normalized spacial score (nSPS) is 21.2. The minimum Gasteiger partial charge on any atom is -0.393 e. The molecule has 31 heavy (non-hydrogen) atoms. The van der Waals surface area contributed by atoms with Gasteiger partial charge in [0, 0.05) is 23.4 Å². The van der Waals surface area contributed by atoms with Gasteiger partial charge in [-0.15, -0.1) is 11.3 Å². The molecule has 0 bridgehead atoms. The maximum atomic E-state index is 14.5.